The summed E-state index contributed by atoms with van der Waals surface area (Å²) in [5.74, 6) is 0.948. The second kappa shape index (κ2) is 9.17. The first-order valence-electron chi connectivity index (χ1n) is 8.33. The van der Waals surface area contributed by atoms with Crippen LogP contribution in [0.5, 0.6) is 5.75 Å². The summed E-state index contributed by atoms with van der Waals surface area (Å²) in [6.07, 6.45) is 0. The minimum atomic E-state index is 0.276. The summed E-state index contributed by atoms with van der Waals surface area (Å²) in [5.41, 5.74) is 3.84. The SMILES string of the molecule is COCOc1c(C)cccc1Pc1c(C)cccc1CNC(C)C. The van der Waals surface area contributed by atoms with Crippen LogP contribution in [0.25, 0.3) is 0 Å². The van der Waals surface area contributed by atoms with Crippen molar-refractivity contribution in [3.63, 3.8) is 0 Å². The zero-order chi connectivity index (χ0) is 17.5. The number of nitrogens with one attached hydrogen (secondary N) is 1. The molecular weight excluding hydrogens is 317 g/mol. The van der Waals surface area contributed by atoms with Crippen molar-refractivity contribution in [3.05, 3.63) is 53.1 Å². The number of para-hydroxylation sites is 1. The molecule has 130 valence electrons. The second-order valence-electron chi connectivity index (χ2n) is 6.27. The molecule has 0 radical (unpaired) electrons. The molecule has 2 aromatic rings. The van der Waals surface area contributed by atoms with Gasteiger partial charge in [0.25, 0.3) is 0 Å². The van der Waals surface area contributed by atoms with Gasteiger partial charge in [-0.25, -0.2) is 0 Å². The van der Waals surface area contributed by atoms with E-state index in [1.807, 2.05) is 0 Å². The maximum absolute atomic E-state index is 5.84. The number of ether oxygens (including phenoxy) is 2. The predicted octanol–water partition coefficient (Wildman–Crippen LogP) is 3.41. The van der Waals surface area contributed by atoms with Gasteiger partial charge in [0.2, 0.25) is 0 Å². The van der Waals surface area contributed by atoms with Crippen molar-refractivity contribution in [3.8, 4) is 5.75 Å². The fraction of sp³-hybridized carbons (Fsp3) is 0.400. The zero-order valence-corrected chi connectivity index (χ0v) is 16.3. The predicted molar refractivity (Wildman–Crippen MR) is 104 cm³/mol. The molecule has 1 unspecified atom stereocenters. The third-order valence-electron chi connectivity index (χ3n) is 3.85. The van der Waals surface area contributed by atoms with E-state index in [-0.39, 0.29) is 6.79 Å². The minimum Gasteiger partial charge on any atom is -0.467 e. The summed E-state index contributed by atoms with van der Waals surface area (Å²) >= 11 is 0. The van der Waals surface area contributed by atoms with E-state index in [2.05, 4.69) is 69.4 Å². The number of hydrogen-bond acceptors (Lipinski definition) is 3. The molecule has 3 nitrogen and oxygen atoms in total. The first-order valence-corrected chi connectivity index (χ1v) is 9.33. The molecule has 2 rings (SSSR count). The van der Waals surface area contributed by atoms with Crippen LogP contribution in [0.1, 0.15) is 30.5 Å². The van der Waals surface area contributed by atoms with E-state index in [1.54, 1.807) is 7.11 Å². The lowest BCUT2D eigenvalue weighted by Crippen LogP contribution is -2.25. The lowest BCUT2D eigenvalue weighted by molar-refractivity contribution is 0.0514. The standard InChI is InChI=1S/C20H28NO2P/c1-14(2)21-12-17-10-6-9-16(4)20(17)24-18-11-7-8-15(3)19(18)23-13-22-5/h6-11,14,21,24H,12-13H2,1-5H3. The number of aryl methyl sites for hydroxylation is 2. The van der Waals surface area contributed by atoms with E-state index in [9.17, 15) is 0 Å². The fourth-order valence-corrected chi connectivity index (χ4v) is 4.01. The monoisotopic (exact) mass is 345 g/mol. The van der Waals surface area contributed by atoms with Crippen molar-refractivity contribution in [1.29, 1.82) is 0 Å². The van der Waals surface area contributed by atoms with Gasteiger partial charge in [0.15, 0.2) is 6.79 Å². The van der Waals surface area contributed by atoms with Crippen molar-refractivity contribution in [2.45, 2.75) is 40.3 Å². The van der Waals surface area contributed by atoms with Gasteiger partial charge in [-0.2, -0.15) is 0 Å². The summed E-state index contributed by atoms with van der Waals surface area (Å²) in [7, 11) is 2.21. The molecule has 4 heteroatoms. The molecule has 1 atom stereocenters. The van der Waals surface area contributed by atoms with Gasteiger partial charge >= 0.3 is 0 Å². The van der Waals surface area contributed by atoms with Gasteiger partial charge in [-0.1, -0.05) is 58.8 Å². The van der Waals surface area contributed by atoms with Crippen LogP contribution in [-0.2, 0) is 11.3 Å². The molecule has 0 spiro atoms. The van der Waals surface area contributed by atoms with Crippen LogP contribution in [0.4, 0.5) is 0 Å². The maximum atomic E-state index is 5.84. The fourth-order valence-electron chi connectivity index (χ4n) is 2.56. The summed E-state index contributed by atoms with van der Waals surface area (Å²) in [4.78, 5) is 0. The van der Waals surface area contributed by atoms with Crippen molar-refractivity contribution < 1.29 is 9.47 Å². The van der Waals surface area contributed by atoms with Crippen molar-refractivity contribution in [2.75, 3.05) is 13.9 Å². The summed E-state index contributed by atoms with van der Waals surface area (Å²) in [6.45, 7) is 9.79. The molecule has 2 aromatic carbocycles. The van der Waals surface area contributed by atoms with E-state index in [0.717, 1.165) is 17.9 Å². The number of methoxy groups -OCH3 is 1. The van der Waals surface area contributed by atoms with Gasteiger partial charge < -0.3 is 14.8 Å². The average Bonchev–Trinajstić information content (AvgIpc) is 2.54. The molecule has 0 amide bonds. The Hall–Kier alpha value is -1.41. The Morgan fingerprint density at radius 1 is 1.04 bits per heavy atom. The quantitative estimate of drug-likeness (QED) is 0.587. The van der Waals surface area contributed by atoms with Crippen LogP contribution in [-0.4, -0.2) is 19.9 Å². The van der Waals surface area contributed by atoms with Gasteiger partial charge in [-0.3, -0.25) is 0 Å². The Balaban J connectivity index is 2.32. The van der Waals surface area contributed by atoms with E-state index < -0.39 is 0 Å². The maximum Gasteiger partial charge on any atom is 0.188 e. The molecule has 0 aromatic heterocycles. The molecule has 0 saturated carbocycles. The van der Waals surface area contributed by atoms with Crippen LogP contribution < -0.4 is 20.7 Å². The van der Waals surface area contributed by atoms with Crippen molar-refractivity contribution >= 4 is 19.2 Å². The highest BCUT2D eigenvalue weighted by Gasteiger charge is 2.12. The Kier molecular flexibility index (Phi) is 7.23. The largest absolute Gasteiger partial charge is 0.467 e. The average molecular weight is 345 g/mol. The molecule has 0 saturated heterocycles. The molecule has 0 aliphatic carbocycles. The molecule has 0 fully saturated rings. The Morgan fingerprint density at radius 3 is 2.46 bits per heavy atom. The third-order valence-corrected chi connectivity index (χ3v) is 5.48. The molecule has 0 aliphatic rings. The topological polar surface area (TPSA) is 30.5 Å². The Morgan fingerprint density at radius 2 is 1.75 bits per heavy atom. The minimum absolute atomic E-state index is 0.276. The lowest BCUT2D eigenvalue weighted by Gasteiger charge is -2.18. The highest BCUT2D eigenvalue weighted by atomic mass is 31.1. The summed E-state index contributed by atoms with van der Waals surface area (Å²) < 4.78 is 10.9. The number of hydrogen-bond donors (Lipinski definition) is 1. The van der Waals surface area contributed by atoms with Crippen molar-refractivity contribution in [2.24, 2.45) is 0 Å². The second-order valence-corrected chi connectivity index (χ2v) is 7.56. The molecule has 1 N–H and O–H groups in total. The van der Waals surface area contributed by atoms with Crippen LogP contribution in [0.15, 0.2) is 36.4 Å². The van der Waals surface area contributed by atoms with E-state index in [1.165, 1.54) is 21.7 Å². The van der Waals surface area contributed by atoms with E-state index in [4.69, 9.17) is 9.47 Å². The molecule has 24 heavy (non-hydrogen) atoms. The van der Waals surface area contributed by atoms with Gasteiger partial charge in [-0.05, 0) is 35.8 Å². The normalized spacial score (nSPS) is 11.6. The van der Waals surface area contributed by atoms with Crippen molar-refractivity contribution in [1.82, 2.24) is 5.32 Å². The molecule has 0 bridgehead atoms. The van der Waals surface area contributed by atoms with Crippen LogP contribution in [0.2, 0.25) is 0 Å². The Labute approximate surface area is 147 Å². The summed E-state index contributed by atoms with van der Waals surface area (Å²) in [6, 6.07) is 13.4. The Bertz CT molecular complexity index is 671. The first-order chi connectivity index (χ1) is 11.5. The third kappa shape index (κ3) is 5.04. The summed E-state index contributed by atoms with van der Waals surface area (Å²) in [5, 5.41) is 6.16. The van der Waals surface area contributed by atoms with Gasteiger partial charge in [-0.15, -0.1) is 0 Å². The van der Waals surface area contributed by atoms with Gasteiger partial charge in [0, 0.05) is 25.0 Å². The zero-order valence-electron chi connectivity index (χ0n) is 15.3. The van der Waals surface area contributed by atoms with Gasteiger partial charge in [0.1, 0.15) is 5.75 Å². The number of benzene rings is 2. The number of rotatable bonds is 8. The lowest BCUT2D eigenvalue weighted by atomic mass is 10.1. The molecule has 0 aliphatic heterocycles. The molecular formula is C20H28NO2P. The van der Waals surface area contributed by atoms with Gasteiger partial charge in [0.05, 0.1) is 0 Å². The molecule has 0 heterocycles. The van der Waals surface area contributed by atoms with Crippen LogP contribution in [0.3, 0.4) is 0 Å². The van der Waals surface area contributed by atoms with Crippen LogP contribution >= 0.6 is 8.58 Å². The first kappa shape index (κ1) is 18.9. The van der Waals surface area contributed by atoms with Crippen LogP contribution in [0, 0.1) is 13.8 Å². The highest BCUT2D eigenvalue weighted by molar-refractivity contribution is 7.56. The smallest absolute Gasteiger partial charge is 0.188 e. The van der Waals surface area contributed by atoms with E-state index in [0.29, 0.717) is 14.6 Å². The highest BCUT2D eigenvalue weighted by Crippen LogP contribution is 2.25. The van der Waals surface area contributed by atoms with E-state index >= 15 is 0 Å².